The van der Waals surface area contributed by atoms with Crippen molar-refractivity contribution in [3.05, 3.63) is 29.8 Å². The van der Waals surface area contributed by atoms with E-state index in [-0.39, 0.29) is 5.91 Å². The Labute approximate surface area is 146 Å². The quantitative estimate of drug-likeness (QED) is 0.902. The number of carbonyl (C=O) groups is 1. The second kappa shape index (κ2) is 7.64. The number of nitrogens with one attached hydrogen (secondary N) is 1. The zero-order chi connectivity index (χ0) is 17.9. The van der Waals surface area contributed by atoms with Crippen LogP contribution in [0.2, 0.25) is 0 Å². The Morgan fingerprint density at radius 2 is 1.96 bits per heavy atom. The summed E-state index contributed by atoms with van der Waals surface area (Å²) < 4.78 is 38.5. The molecule has 0 aliphatic carbocycles. The Hall–Kier alpha value is -1.76. The van der Waals surface area contributed by atoms with Gasteiger partial charge < -0.3 is 15.1 Å². The first-order valence-corrected chi connectivity index (χ1v) is 8.87. The molecule has 2 fully saturated rings. The highest BCUT2D eigenvalue weighted by Crippen LogP contribution is 2.31. The topological polar surface area (TPSA) is 35.6 Å². The molecule has 1 N–H and O–H groups in total. The molecular weight excluding hydrogens is 331 g/mol. The third-order valence-electron chi connectivity index (χ3n) is 5.04. The van der Waals surface area contributed by atoms with Gasteiger partial charge in [-0.3, -0.25) is 4.79 Å². The van der Waals surface area contributed by atoms with Gasteiger partial charge in [-0.25, -0.2) is 0 Å². The number of piperazine rings is 1. The van der Waals surface area contributed by atoms with Gasteiger partial charge in [0.15, 0.2) is 0 Å². The molecule has 0 aromatic heterocycles. The molecule has 3 rings (SSSR count). The number of anilines is 1. The van der Waals surface area contributed by atoms with E-state index >= 15 is 0 Å². The van der Waals surface area contributed by atoms with E-state index in [0.29, 0.717) is 44.3 Å². The van der Waals surface area contributed by atoms with Crippen molar-refractivity contribution in [2.75, 3.05) is 37.6 Å². The number of amides is 1. The minimum atomic E-state index is -4.33. The molecule has 0 spiro atoms. The lowest BCUT2D eigenvalue weighted by atomic mass is 10.1. The Morgan fingerprint density at radius 3 is 2.60 bits per heavy atom. The van der Waals surface area contributed by atoms with Crippen LogP contribution in [0.25, 0.3) is 0 Å². The summed E-state index contributed by atoms with van der Waals surface area (Å²) in [5.74, 6) is 0.150. The number of hydrogen-bond donors (Lipinski definition) is 1. The minimum absolute atomic E-state index is 0.150. The van der Waals surface area contributed by atoms with E-state index in [4.69, 9.17) is 0 Å². The van der Waals surface area contributed by atoms with Crippen molar-refractivity contribution >= 4 is 11.6 Å². The second-order valence-electron chi connectivity index (χ2n) is 6.75. The van der Waals surface area contributed by atoms with Crippen LogP contribution in [-0.4, -0.2) is 49.6 Å². The summed E-state index contributed by atoms with van der Waals surface area (Å²) >= 11 is 0. The van der Waals surface area contributed by atoms with E-state index in [1.54, 1.807) is 6.07 Å². The first kappa shape index (κ1) is 18.0. The van der Waals surface area contributed by atoms with E-state index in [9.17, 15) is 18.0 Å². The molecule has 1 atom stereocenters. The Morgan fingerprint density at radius 1 is 1.20 bits per heavy atom. The maximum absolute atomic E-state index is 12.8. The Bertz CT molecular complexity index is 591. The van der Waals surface area contributed by atoms with Crippen molar-refractivity contribution in [2.24, 2.45) is 0 Å². The first-order chi connectivity index (χ1) is 11.9. The lowest BCUT2D eigenvalue weighted by molar-refractivity contribution is -0.137. The van der Waals surface area contributed by atoms with Gasteiger partial charge in [-0.2, -0.15) is 13.2 Å². The van der Waals surface area contributed by atoms with Crippen LogP contribution in [0.5, 0.6) is 0 Å². The average Bonchev–Trinajstić information content (AvgIpc) is 3.13. The molecule has 0 saturated carbocycles. The fourth-order valence-electron chi connectivity index (χ4n) is 3.55. The minimum Gasteiger partial charge on any atom is -0.368 e. The summed E-state index contributed by atoms with van der Waals surface area (Å²) in [5, 5.41) is 3.39. The molecule has 4 nitrogen and oxygen atoms in total. The van der Waals surface area contributed by atoms with Gasteiger partial charge in [0.1, 0.15) is 0 Å². The number of hydrogen-bond acceptors (Lipinski definition) is 3. The van der Waals surface area contributed by atoms with E-state index in [1.165, 1.54) is 18.6 Å². The molecule has 138 valence electrons. The molecule has 2 saturated heterocycles. The van der Waals surface area contributed by atoms with Gasteiger partial charge in [0.05, 0.1) is 5.56 Å². The van der Waals surface area contributed by atoms with Crippen LogP contribution in [0.3, 0.4) is 0 Å². The normalized spacial score (nSPS) is 21.6. The lowest BCUT2D eigenvalue weighted by Crippen LogP contribution is -2.49. The van der Waals surface area contributed by atoms with E-state index in [2.05, 4.69) is 5.32 Å². The van der Waals surface area contributed by atoms with Gasteiger partial charge in [-0.05, 0) is 44.0 Å². The van der Waals surface area contributed by atoms with Crippen molar-refractivity contribution in [1.29, 1.82) is 0 Å². The summed E-state index contributed by atoms with van der Waals surface area (Å²) in [6.45, 7) is 3.29. The molecule has 0 radical (unpaired) electrons. The maximum atomic E-state index is 12.8. The van der Waals surface area contributed by atoms with Crippen LogP contribution < -0.4 is 10.2 Å². The standard InChI is InChI=1S/C18H24F3N3O/c19-18(20,21)14-3-1-5-16(13-14)23-9-11-24(12-10-23)17(25)7-6-15-4-2-8-22-15/h1,3,5,13,15,22H,2,4,6-12H2. The van der Waals surface area contributed by atoms with E-state index < -0.39 is 11.7 Å². The number of alkyl halides is 3. The highest BCUT2D eigenvalue weighted by Gasteiger charge is 2.31. The summed E-state index contributed by atoms with van der Waals surface area (Å²) in [5.41, 5.74) is -0.0651. The van der Waals surface area contributed by atoms with Crippen molar-refractivity contribution in [3.8, 4) is 0 Å². The summed E-state index contributed by atoms with van der Waals surface area (Å²) in [4.78, 5) is 16.1. The third kappa shape index (κ3) is 4.66. The maximum Gasteiger partial charge on any atom is 0.416 e. The van der Waals surface area contributed by atoms with Crippen molar-refractivity contribution in [1.82, 2.24) is 10.2 Å². The molecule has 1 aromatic carbocycles. The highest BCUT2D eigenvalue weighted by molar-refractivity contribution is 5.76. The van der Waals surface area contributed by atoms with E-state index in [0.717, 1.165) is 25.5 Å². The van der Waals surface area contributed by atoms with Crippen LogP contribution in [0.4, 0.5) is 18.9 Å². The number of carbonyl (C=O) groups excluding carboxylic acids is 1. The largest absolute Gasteiger partial charge is 0.416 e. The van der Waals surface area contributed by atoms with Gasteiger partial charge in [0.25, 0.3) is 0 Å². The average molecular weight is 355 g/mol. The number of rotatable bonds is 4. The molecule has 2 heterocycles. The van der Waals surface area contributed by atoms with Gasteiger partial charge in [-0.15, -0.1) is 0 Å². The van der Waals surface area contributed by atoms with Crippen LogP contribution >= 0.6 is 0 Å². The molecular formula is C18H24F3N3O. The van der Waals surface area contributed by atoms with Crippen molar-refractivity contribution in [2.45, 2.75) is 37.9 Å². The van der Waals surface area contributed by atoms with Crippen LogP contribution in [0.15, 0.2) is 24.3 Å². The predicted molar refractivity (Wildman–Crippen MR) is 90.5 cm³/mol. The Balaban J connectivity index is 1.50. The van der Waals surface area contributed by atoms with Crippen molar-refractivity contribution < 1.29 is 18.0 Å². The van der Waals surface area contributed by atoms with Gasteiger partial charge in [0.2, 0.25) is 5.91 Å². The van der Waals surface area contributed by atoms with Crippen molar-refractivity contribution in [3.63, 3.8) is 0 Å². The van der Waals surface area contributed by atoms with E-state index in [1.807, 2.05) is 9.80 Å². The zero-order valence-corrected chi connectivity index (χ0v) is 14.2. The number of benzene rings is 1. The first-order valence-electron chi connectivity index (χ1n) is 8.87. The van der Waals surface area contributed by atoms with Crippen LogP contribution in [0, 0.1) is 0 Å². The molecule has 1 amide bonds. The Kier molecular flexibility index (Phi) is 5.51. The smallest absolute Gasteiger partial charge is 0.368 e. The number of nitrogens with zero attached hydrogens (tertiary/aromatic N) is 2. The van der Waals surface area contributed by atoms with Gasteiger partial charge in [-0.1, -0.05) is 6.07 Å². The van der Waals surface area contributed by atoms with Crippen LogP contribution in [0.1, 0.15) is 31.2 Å². The second-order valence-corrected chi connectivity index (χ2v) is 6.75. The molecule has 0 bridgehead atoms. The molecule has 2 aliphatic heterocycles. The molecule has 1 aromatic rings. The molecule has 1 unspecified atom stereocenters. The molecule has 2 aliphatic rings. The summed E-state index contributed by atoms with van der Waals surface area (Å²) in [6.07, 6.45) is -0.610. The fourth-order valence-corrected chi connectivity index (χ4v) is 3.55. The highest BCUT2D eigenvalue weighted by atomic mass is 19.4. The summed E-state index contributed by atoms with van der Waals surface area (Å²) in [7, 11) is 0. The summed E-state index contributed by atoms with van der Waals surface area (Å²) in [6, 6.07) is 5.85. The van der Waals surface area contributed by atoms with Gasteiger partial charge in [0, 0.05) is 44.3 Å². The lowest BCUT2D eigenvalue weighted by Gasteiger charge is -2.36. The fraction of sp³-hybridized carbons (Fsp3) is 0.611. The third-order valence-corrected chi connectivity index (χ3v) is 5.04. The van der Waals surface area contributed by atoms with Crippen LogP contribution in [-0.2, 0) is 11.0 Å². The van der Waals surface area contributed by atoms with Gasteiger partial charge >= 0.3 is 6.18 Å². The SMILES string of the molecule is O=C(CCC1CCCN1)N1CCN(c2cccc(C(F)(F)F)c2)CC1. The monoisotopic (exact) mass is 355 g/mol. The number of halogens is 3. The molecule has 7 heteroatoms. The zero-order valence-electron chi connectivity index (χ0n) is 14.2. The predicted octanol–water partition coefficient (Wildman–Crippen LogP) is 2.89. The molecule has 25 heavy (non-hydrogen) atoms.